The molecule has 1 atom stereocenters. The van der Waals surface area contributed by atoms with Crippen LogP contribution in [0.5, 0.6) is 17.2 Å². The first-order valence-electron chi connectivity index (χ1n) is 9.47. The standard InChI is InChI=1S/C22H29NO4/c1-4-19(27-21-11-7-6-10-20(21)25-3)22(24)23-16-8-9-17-12-14-18(15-13-17)26-5-2/h6-7,10-15,19H,4-5,8-9,16H2,1-3H3,(H,23,24). The molecular weight excluding hydrogens is 342 g/mol. The van der Waals surface area contributed by atoms with Crippen molar-refractivity contribution in [3.8, 4) is 17.2 Å². The van der Waals surface area contributed by atoms with Crippen molar-refractivity contribution in [2.24, 2.45) is 0 Å². The Kier molecular flexibility index (Phi) is 8.49. The van der Waals surface area contributed by atoms with Crippen molar-refractivity contribution in [3.63, 3.8) is 0 Å². The van der Waals surface area contributed by atoms with Crippen molar-refractivity contribution in [2.75, 3.05) is 20.3 Å². The number of para-hydroxylation sites is 2. The van der Waals surface area contributed by atoms with Crippen LogP contribution in [0.3, 0.4) is 0 Å². The summed E-state index contributed by atoms with van der Waals surface area (Å²) in [5, 5.41) is 2.96. The zero-order valence-electron chi connectivity index (χ0n) is 16.4. The molecular formula is C22H29NO4. The van der Waals surface area contributed by atoms with Gasteiger partial charge in [0, 0.05) is 6.54 Å². The Bertz CT molecular complexity index is 700. The monoisotopic (exact) mass is 371 g/mol. The van der Waals surface area contributed by atoms with E-state index in [1.165, 1.54) is 5.56 Å². The lowest BCUT2D eigenvalue weighted by atomic mass is 10.1. The first-order chi connectivity index (χ1) is 13.2. The molecule has 0 saturated heterocycles. The van der Waals surface area contributed by atoms with E-state index in [1.54, 1.807) is 13.2 Å². The molecule has 0 aromatic heterocycles. The number of carbonyl (C=O) groups is 1. The van der Waals surface area contributed by atoms with E-state index in [1.807, 2.05) is 44.2 Å². The molecule has 5 nitrogen and oxygen atoms in total. The van der Waals surface area contributed by atoms with Crippen LogP contribution < -0.4 is 19.5 Å². The van der Waals surface area contributed by atoms with Gasteiger partial charge in [-0.1, -0.05) is 31.2 Å². The minimum Gasteiger partial charge on any atom is -0.494 e. The first-order valence-corrected chi connectivity index (χ1v) is 9.47. The van der Waals surface area contributed by atoms with Crippen LogP contribution in [-0.2, 0) is 11.2 Å². The summed E-state index contributed by atoms with van der Waals surface area (Å²) in [4.78, 5) is 12.4. The van der Waals surface area contributed by atoms with Gasteiger partial charge in [0.2, 0.25) is 0 Å². The van der Waals surface area contributed by atoms with E-state index < -0.39 is 6.10 Å². The lowest BCUT2D eigenvalue weighted by Gasteiger charge is -2.18. The van der Waals surface area contributed by atoms with Crippen molar-refractivity contribution >= 4 is 5.91 Å². The maximum absolute atomic E-state index is 12.4. The van der Waals surface area contributed by atoms with Gasteiger partial charge < -0.3 is 19.5 Å². The van der Waals surface area contributed by atoms with Crippen LogP contribution in [0.1, 0.15) is 32.3 Å². The Morgan fingerprint density at radius 3 is 2.37 bits per heavy atom. The molecule has 2 aromatic carbocycles. The Morgan fingerprint density at radius 2 is 1.74 bits per heavy atom. The van der Waals surface area contributed by atoms with Gasteiger partial charge in [0.05, 0.1) is 13.7 Å². The molecule has 0 aliphatic carbocycles. The predicted molar refractivity (Wildman–Crippen MR) is 107 cm³/mol. The number of hydrogen-bond donors (Lipinski definition) is 1. The van der Waals surface area contributed by atoms with E-state index in [0.717, 1.165) is 18.6 Å². The molecule has 146 valence electrons. The van der Waals surface area contributed by atoms with Gasteiger partial charge in [0.1, 0.15) is 5.75 Å². The van der Waals surface area contributed by atoms with Gasteiger partial charge in [0.25, 0.3) is 5.91 Å². The smallest absolute Gasteiger partial charge is 0.261 e. The van der Waals surface area contributed by atoms with Crippen LogP contribution in [0.4, 0.5) is 0 Å². The third-order valence-corrected chi connectivity index (χ3v) is 4.18. The highest BCUT2D eigenvalue weighted by Gasteiger charge is 2.19. The van der Waals surface area contributed by atoms with Crippen molar-refractivity contribution in [1.29, 1.82) is 0 Å². The normalized spacial score (nSPS) is 11.5. The zero-order valence-corrected chi connectivity index (χ0v) is 16.4. The van der Waals surface area contributed by atoms with Crippen LogP contribution in [0.15, 0.2) is 48.5 Å². The lowest BCUT2D eigenvalue weighted by molar-refractivity contribution is -0.128. The maximum Gasteiger partial charge on any atom is 0.261 e. The molecule has 27 heavy (non-hydrogen) atoms. The topological polar surface area (TPSA) is 56.8 Å². The summed E-state index contributed by atoms with van der Waals surface area (Å²) in [6, 6.07) is 15.4. The van der Waals surface area contributed by atoms with Crippen LogP contribution in [-0.4, -0.2) is 32.3 Å². The average molecular weight is 371 g/mol. The van der Waals surface area contributed by atoms with E-state index in [0.29, 0.717) is 31.1 Å². The molecule has 0 heterocycles. The number of aryl methyl sites for hydroxylation is 1. The second-order valence-electron chi connectivity index (χ2n) is 6.14. The number of rotatable bonds is 11. The number of amides is 1. The van der Waals surface area contributed by atoms with Gasteiger partial charge in [-0.05, 0) is 56.0 Å². The fraction of sp³-hybridized carbons (Fsp3) is 0.409. The second kappa shape index (κ2) is 11.1. The van der Waals surface area contributed by atoms with Crippen LogP contribution in [0, 0.1) is 0 Å². The summed E-state index contributed by atoms with van der Waals surface area (Å²) in [7, 11) is 1.59. The largest absolute Gasteiger partial charge is 0.494 e. The van der Waals surface area contributed by atoms with E-state index >= 15 is 0 Å². The summed E-state index contributed by atoms with van der Waals surface area (Å²) < 4.78 is 16.6. The Morgan fingerprint density at radius 1 is 1.04 bits per heavy atom. The molecule has 2 rings (SSSR count). The summed E-state index contributed by atoms with van der Waals surface area (Å²) in [6.07, 6.45) is 1.82. The molecule has 0 fully saturated rings. The molecule has 5 heteroatoms. The third kappa shape index (κ3) is 6.51. The molecule has 0 aliphatic heterocycles. The number of hydrogen-bond acceptors (Lipinski definition) is 4. The van der Waals surface area contributed by atoms with Gasteiger partial charge in [-0.2, -0.15) is 0 Å². The lowest BCUT2D eigenvalue weighted by Crippen LogP contribution is -2.38. The summed E-state index contributed by atoms with van der Waals surface area (Å²) >= 11 is 0. The SMILES string of the molecule is CCOc1ccc(CCCNC(=O)C(CC)Oc2ccccc2OC)cc1. The summed E-state index contributed by atoms with van der Waals surface area (Å²) in [5.74, 6) is 1.99. The third-order valence-electron chi connectivity index (χ3n) is 4.18. The minimum absolute atomic E-state index is 0.102. The number of nitrogens with one attached hydrogen (secondary N) is 1. The fourth-order valence-corrected chi connectivity index (χ4v) is 2.73. The van der Waals surface area contributed by atoms with Crippen molar-refractivity contribution in [2.45, 2.75) is 39.2 Å². The zero-order chi connectivity index (χ0) is 19.5. The molecule has 1 N–H and O–H groups in total. The second-order valence-corrected chi connectivity index (χ2v) is 6.14. The molecule has 0 aliphatic rings. The predicted octanol–water partition coefficient (Wildman–Crippen LogP) is 4.00. The van der Waals surface area contributed by atoms with Crippen molar-refractivity contribution in [1.82, 2.24) is 5.32 Å². The molecule has 0 bridgehead atoms. The summed E-state index contributed by atoms with van der Waals surface area (Å²) in [5.41, 5.74) is 1.23. The van der Waals surface area contributed by atoms with Gasteiger partial charge in [-0.3, -0.25) is 4.79 Å². The van der Waals surface area contributed by atoms with Crippen molar-refractivity contribution in [3.05, 3.63) is 54.1 Å². The average Bonchev–Trinajstić information content (AvgIpc) is 2.71. The highest BCUT2D eigenvalue weighted by Crippen LogP contribution is 2.27. The van der Waals surface area contributed by atoms with E-state index in [4.69, 9.17) is 14.2 Å². The molecule has 1 amide bonds. The van der Waals surface area contributed by atoms with E-state index in [-0.39, 0.29) is 5.91 Å². The van der Waals surface area contributed by atoms with E-state index in [9.17, 15) is 4.79 Å². The number of methoxy groups -OCH3 is 1. The molecule has 2 aromatic rings. The van der Waals surface area contributed by atoms with E-state index in [2.05, 4.69) is 17.4 Å². The molecule has 1 unspecified atom stereocenters. The van der Waals surface area contributed by atoms with Crippen molar-refractivity contribution < 1.29 is 19.0 Å². The minimum atomic E-state index is -0.535. The molecule has 0 radical (unpaired) electrons. The van der Waals surface area contributed by atoms with Gasteiger partial charge >= 0.3 is 0 Å². The highest BCUT2D eigenvalue weighted by atomic mass is 16.5. The number of ether oxygens (including phenoxy) is 3. The maximum atomic E-state index is 12.4. The Labute approximate surface area is 161 Å². The first kappa shape index (κ1) is 20.6. The fourth-order valence-electron chi connectivity index (χ4n) is 2.73. The summed E-state index contributed by atoms with van der Waals surface area (Å²) in [6.45, 7) is 5.18. The Hall–Kier alpha value is -2.69. The van der Waals surface area contributed by atoms with Crippen LogP contribution in [0.2, 0.25) is 0 Å². The van der Waals surface area contributed by atoms with Crippen LogP contribution >= 0.6 is 0 Å². The quantitative estimate of drug-likeness (QED) is 0.607. The highest BCUT2D eigenvalue weighted by molar-refractivity contribution is 5.81. The molecule has 0 spiro atoms. The Balaban J connectivity index is 1.77. The number of carbonyl (C=O) groups excluding carboxylic acids is 1. The molecule has 0 saturated carbocycles. The number of benzene rings is 2. The van der Waals surface area contributed by atoms with Crippen LogP contribution in [0.25, 0.3) is 0 Å². The van der Waals surface area contributed by atoms with Gasteiger partial charge in [0.15, 0.2) is 17.6 Å². The van der Waals surface area contributed by atoms with Gasteiger partial charge in [-0.25, -0.2) is 0 Å². The van der Waals surface area contributed by atoms with Gasteiger partial charge in [-0.15, -0.1) is 0 Å².